The molecular weight excluding hydrogens is 154 g/mol. The van der Waals surface area contributed by atoms with Gasteiger partial charge in [0.1, 0.15) is 0 Å². The van der Waals surface area contributed by atoms with Gasteiger partial charge in [-0.15, -0.1) is 0 Å². The Labute approximate surface area is 71.8 Å². The first-order valence-corrected chi connectivity index (χ1v) is 7.49. The van der Waals surface area contributed by atoms with Gasteiger partial charge in [0.15, 0.2) is 0 Å². The summed E-state index contributed by atoms with van der Waals surface area (Å²) in [6.07, 6.45) is 5.99. The number of hydrogen-bond donors (Lipinski definition) is 0. The van der Waals surface area contributed by atoms with Gasteiger partial charge in [0.05, 0.1) is 0 Å². The molecule has 1 fully saturated rings. The lowest BCUT2D eigenvalue weighted by molar-refractivity contribution is 0.586. The average Bonchev–Trinajstić information content (AvgIpc) is 2.12. The van der Waals surface area contributed by atoms with Crippen molar-refractivity contribution in [3.8, 4) is 0 Å². The molecule has 1 aliphatic rings. The van der Waals surface area contributed by atoms with Crippen LogP contribution in [0.15, 0.2) is 0 Å². The van der Waals surface area contributed by atoms with Gasteiger partial charge in [-0.2, -0.15) is 0 Å². The minimum atomic E-state index is -1.29. The normalized spacial score (nSPS) is 31.2. The zero-order chi connectivity index (χ0) is 9.15. The summed E-state index contributed by atoms with van der Waals surface area (Å²) in [6, 6.07) is 0. The van der Waals surface area contributed by atoms with Crippen molar-refractivity contribution >= 4 is 14.8 Å². The van der Waals surface area contributed by atoms with Crippen LogP contribution in [0, 0.1) is 0 Å². The van der Waals surface area contributed by atoms with Crippen molar-refractivity contribution in [3.63, 3.8) is 0 Å². The highest BCUT2D eigenvalue weighted by atomic mass is 32.3. The van der Waals surface area contributed by atoms with Gasteiger partial charge in [-0.3, -0.25) is 4.31 Å². The lowest BCUT2D eigenvalue weighted by Gasteiger charge is -2.43. The van der Waals surface area contributed by atoms with Crippen LogP contribution in [-0.4, -0.2) is 42.0 Å². The summed E-state index contributed by atoms with van der Waals surface area (Å²) in [6.45, 7) is 5.25. The molecule has 1 aliphatic heterocycles. The Balaban J connectivity index is 0.000000461. The fourth-order valence-electron chi connectivity index (χ4n) is 1.21. The molecule has 0 aliphatic carbocycles. The monoisotopic (exact) mass is 177 g/mol. The first kappa shape index (κ1) is 11.2. The summed E-state index contributed by atoms with van der Waals surface area (Å²) >= 11 is 0. The maximum atomic E-state index is 4.32. The Morgan fingerprint density at radius 3 is 1.82 bits per heavy atom. The number of rotatable bonds is 0. The van der Waals surface area contributed by atoms with Crippen LogP contribution < -0.4 is 0 Å². The van der Waals surface area contributed by atoms with Crippen LogP contribution in [0.1, 0.15) is 20.3 Å². The summed E-state index contributed by atoms with van der Waals surface area (Å²) in [5, 5.41) is 0. The zero-order valence-corrected chi connectivity index (χ0v) is 9.50. The predicted octanol–water partition coefficient (Wildman–Crippen LogP) is 2.29. The van der Waals surface area contributed by atoms with E-state index in [4.69, 9.17) is 0 Å². The molecule has 0 unspecified atom stereocenters. The van der Waals surface area contributed by atoms with Crippen molar-refractivity contribution in [2.24, 2.45) is 0 Å². The molecule has 0 radical (unpaired) electrons. The largest absolute Gasteiger partial charge is 0.275 e. The van der Waals surface area contributed by atoms with E-state index >= 15 is 0 Å². The van der Waals surface area contributed by atoms with Crippen LogP contribution in [0.4, 0.5) is 0 Å². The third kappa shape index (κ3) is 2.60. The molecule has 0 N–H and O–H groups in total. The highest BCUT2D eigenvalue weighted by molar-refractivity contribution is 8.43. The fraction of sp³-hybridized carbons (Fsp3) is 0.889. The van der Waals surface area contributed by atoms with E-state index in [1.165, 1.54) is 18.7 Å². The number of hydrogen-bond acceptors (Lipinski definition) is 1. The van der Waals surface area contributed by atoms with E-state index in [9.17, 15) is 0 Å². The number of nitrogens with zero attached hydrogens (tertiary/aromatic N) is 1. The molecule has 11 heavy (non-hydrogen) atoms. The van der Waals surface area contributed by atoms with Gasteiger partial charge in [0, 0.05) is 6.54 Å². The molecule has 2 heteroatoms. The Morgan fingerprint density at radius 2 is 1.73 bits per heavy atom. The standard InChI is InChI=1S/C7H17NS.C2H6/c1-8-6-5-7-9(8,2,3)4;1-2/h2,5-7H2,1,3-4H3;1-2H3. The molecule has 0 bridgehead atoms. The lowest BCUT2D eigenvalue weighted by Crippen LogP contribution is -2.21. The molecule has 1 heterocycles. The average molecular weight is 177 g/mol. The van der Waals surface area contributed by atoms with E-state index in [0.29, 0.717) is 0 Å². The third-order valence-electron chi connectivity index (χ3n) is 2.33. The minimum Gasteiger partial charge on any atom is -0.275 e. The highest BCUT2D eigenvalue weighted by Gasteiger charge is 2.28. The van der Waals surface area contributed by atoms with E-state index in [1.807, 2.05) is 13.8 Å². The Bertz CT molecular complexity index is 178. The first-order chi connectivity index (χ1) is 4.90. The molecule has 1 nitrogen and oxygen atoms in total. The van der Waals surface area contributed by atoms with E-state index in [0.717, 1.165) is 0 Å². The van der Waals surface area contributed by atoms with E-state index in [2.05, 4.69) is 29.7 Å². The predicted molar refractivity (Wildman–Crippen MR) is 60.0 cm³/mol. The second kappa shape index (κ2) is 3.28. The Morgan fingerprint density at radius 1 is 1.27 bits per heavy atom. The molecule has 0 amide bonds. The fourth-order valence-corrected chi connectivity index (χ4v) is 3.31. The van der Waals surface area contributed by atoms with Crippen LogP contribution in [0.25, 0.3) is 0 Å². The van der Waals surface area contributed by atoms with Crippen molar-refractivity contribution in [2.45, 2.75) is 20.3 Å². The van der Waals surface area contributed by atoms with Crippen molar-refractivity contribution in [1.82, 2.24) is 4.31 Å². The molecule has 0 atom stereocenters. The Kier molecular flexibility index (Phi) is 3.33. The van der Waals surface area contributed by atoms with Crippen LogP contribution in [-0.2, 0) is 0 Å². The summed E-state index contributed by atoms with van der Waals surface area (Å²) in [5.74, 6) is 5.64. The lowest BCUT2D eigenvalue weighted by atomic mass is 10.5. The maximum Gasteiger partial charge on any atom is 0.00739 e. The van der Waals surface area contributed by atoms with E-state index in [1.54, 1.807) is 0 Å². The van der Waals surface area contributed by atoms with E-state index in [-0.39, 0.29) is 0 Å². The second-order valence-electron chi connectivity index (χ2n) is 3.80. The first-order valence-electron chi connectivity index (χ1n) is 4.34. The van der Waals surface area contributed by atoms with Gasteiger partial charge < -0.3 is 0 Å². The molecule has 1 rings (SSSR count). The minimum absolute atomic E-state index is 1.25. The smallest absolute Gasteiger partial charge is 0.00739 e. The van der Waals surface area contributed by atoms with Crippen molar-refractivity contribution in [1.29, 1.82) is 0 Å². The summed E-state index contributed by atoms with van der Waals surface area (Å²) in [5.41, 5.74) is 0. The van der Waals surface area contributed by atoms with Crippen molar-refractivity contribution < 1.29 is 0 Å². The van der Waals surface area contributed by atoms with Gasteiger partial charge >= 0.3 is 0 Å². The molecule has 0 aromatic rings. The van der Waals surface area contributed by atoms with E-state index < -0.39 is 8.94 Å². The van der Waals surface area contributed by atoms with Gasteiger partial charge in [-0.25, -0.2) is 8.94 Å². The topological polar surface area (TPSA) is 3.24 Å². The molecule has 1 saturated heterocycles. The van der Waals surface area contributed by atoms with Crippen LogP contribution >= 0.6 is 8.94 Å². The quantitative estimate of drug-likeness (QED) is 0.513. The summed E-state index contributed by atoms with van der Waals surface area (Å²) in [7, 11) is 0.910. The van der Waals surface area contributed by atoms with Crippen molar-refractivity contribution in [3.05, 3.63) is 0 Å². The van der Waals surface area contributed by atoms with Crippen LogP contribution in [0.5, 0.6) is 0 Å². The molecular formula is C9H23NS. The van der Waals surface area contributed by atoms with Gasteiger partial charge in [0.25, 0.3) is 0 Å². The third-order valence-corrected chi connectivity index (χ3v) is 6.21. The van der Waals surface area contributed by atoms with Gasteiger partial charge in [-0.05, 0) is 31.7 Å². The summed E-state index contributed by atoms with van der Waals surface area (Å²) in [4.78, 5) is 0. The molecule has 70 valence electrons. The Hall–Kier alpha value is 0.180. The van der Waals surface area contributed by atoms with Crippen LogP contribution in [0.3, 0.4) is 0 Å². The van der Waals surface area contributed by atoms with Gasteiger partial charge in [-0.1, -0.05) is 19.7 Å². The molecule has 0 saturated carbocycles. The van der Waals surface area contributed by atoms with Crippen LogP contribution in [0.2, 0.25) is 0 Å². The van der Waals surface area contributed by atoms with Gasteiger partial charge in [0.2, 0.25) is 0 Å². The molecule has 0 spiro atoms. The molecule has 0 aromatic heterocycles. The maximum absolute atomic E-state index is 4.32. The SMILES string of the molecule is C=S1(C)(C)CCCN1C.CC. The second-order valence-corrected chi connectivity index (χ2v) is 9.61. The molecule has 0 aromatic carbocycles. The highest BCUT2D eigenvalue weighted by Crippen LogP contribution is 2.56. The van der Waals surface area contributed by atoms with Crippen molar-refractivity contribution in [2.75, 3.05) is 31.9 Å². The summed E-state index contributed by atoms with van der Waals surface area (Å²) < 4.78 is 2.44. The zero-order valence-electron chi connectivity index (χ0n) is 8.68.